The fourth-order valence-electron chi connectivity index (χ4n) is 4.98. The molecule has 3 aliphatic rings. The van der Waals surface area contributed by atoms with Gasteiger partial charge in [-0.2, -0.15) is 13.2 Å². The van der Waals surface area contributed by atoms with Gasteiger partial charge in [-0.1, -0.05) is 13.0 Å². The van der Waals surface area contributed by atoms with Gasteiger partial charge in [-0.3, -0.25) is 4.79 Å². The van der Waals surface area contributed by atoms with Crippen molar-refractivity contribution in [1.82, 2.24) is 4.98 Å². The fraction of sp³-hybridized carbons (Fsp3) is 0.391. The number of hydrogen-bond donors (Lipinski definition) is 1. The van der Waals surface area contributed by atoms with Crippen LogP contribution in [0.15, 0.2) is 42.3 Å². The Kier molecular flexibility index (Phi) is 4.58. The lowest BCUT2D eigenvalue weighted by Crippen LogP contribution is -2.29. The van der Waals surface area contributed by atoms with Gasteiger partial charge >= 0.3 is 6.18 Å². The molecule has 1 N–H and O–H groups in total. The molecule has 0 radical (unpaired) electrons. The van der Waals surface area contributed by atoms with Crippen LogP contribution < -0.4 is 4.74 Å². The Hall–Kier alpha value is -2.87. The maximum absolute atomic E-state index is 13.2. The third kappa shape index (κ3) is 3.20. The van der Waals surface area contributed by atoms with Crippen molar-refractivity contribution in [2.75, 3.05) is 0 Å². The number of Topliss-reactive ketones (excluding diaryl/α,β-unsaturated/α-hetero) is 1. The summed E-state index contributed by atoms with van der Waals surface area (Å²) in [5.74, 6) is -0.367. The van der Waals surface area contributed by atoms with Gasteiger partial charge in [-0.05, 0) is 48.6 Å². The van der Waals surface area contributed by atoms with Crippen LogP contribution in [0.3, 0.4) is 0 Å². The smallest absolute Gasteiger partial charge is 0.417 e. The summed E-state index contributed by atoms with van der Waals surface area (Å²) in [6.07, 6.45) is -1.75. The highest BCUT2D eigenvalue weighted by Gasteiger charge is 2.59. The Balaban J connectivity index is 1.48. The second-order valence-corrected chi connectivity index (χ2v) is 8.12. The molecule has 1 aliphatic carbocycles. The molecule has 2 saturated heterocycles. The topological polar surface area (TPSA) is 68.7 Å². The van der Waals surface area contributed by atoms with Crippen LogP contribution in [0, 0.1) is 11.8 Å². The number of ether oxygens (including phenoxy) is 2. The molecule has 3 heterocycles. The van der Waals surface area contributed by atoms with Crippen LogP contribution in [0.1, 0.15) is 36.5 Å². The molecule has 162 valence electrons. The first-order valence-corrected chi connectivity index (χ1v) is 10.2. The molecule has 2 fully saturated rings. The van der Waals surface area contributed by atoms with E-state index in [0.717, 1.165) is 30.5 Å². The predicted octanol–water partition coefficient (Wildman–Crippen LogP) is 5.10. The van der Waals surface area contributed by atoms with E-state index >= 15 is 0 Å². The van der Waals surface area contributed by atoms with Gasteiger partial charge in [0.15, 0.2) is 5.78 Å². The average molecular weight is 431 g/mol. The molecule has 5 nitrogen and oxygen atoms in total. The van der Waals surface area contributed by atoms with Gasteiger partial charge in [0.05, 0.1) is 35.2 Å². The minimum Gasteiger partial charge on any atom is -0.511 e. The van der Waals surface area contributed by atoms with E-state index in [1.54, 1.807) is 18.2 Å². The van der Waals surface area contributed by atoms with Crippen molar-refractivity contribution >= 4 is 11.4 Å². The number of fused-ring (bicyclic) bond motifs is 5. The maximum atomic E-state index is 13.2. The van der Waals surface area contributed by atoms with Crippen molar-refractivity contribution in [2.45, 2.75) is 44.6 Å². The average Bonchev–Trinajstić information content (AvgIpc) is 3.41. The van der Waals surface area contributed by atoms with Gasteiger partial charge in [0.25, 0.3) is 0 Å². The molecule has 2 aliphatic heterocycles. The first kappa shape index (κ1) is 20.1. The number of carbonyl (C=O) groups excluding carboxylic acids is 1. The minimum absolute atomic E-state index is 0.00228. The molecular weight excluding hydrogens is 411 g/mol. The summed E-state index contributed by atoms with van der Waals surface area (Å²) in [5, 5.41) is 10.9. The number of aromatic nitrogens is 1. The standard InChI is InChI=1S/C23H20F3NO4/c1-2-11-3-5-13(30-17-8-4-12(10-27-17)23(24,25)26)9-14(11)18-21(28)19-15-6-7-16(31-15)20(19)22(18)29/h3-5,8-10,15-16,19-20,28H,2,6-7H2,1H3. The lowest BCUT2D eigenvalue weighted by atomic mass is 9.80. The SMILES string of the molecule is CCc1ccc(Oc2ccc(C(F)(F)F)cn2)cc1C1=C(O)C2C3CCC(O3)C2C1=O. The predicted molar refractivity (Wildman–Crippen MR) is 105 cm³/mol. The summed E-state index contributed by atoms with van der Waals surface area (Å²) < 4.78 is 49.7. The van der Waals surface area contributed by atoms with Crippen LogP contribution in [-0.2, 0) is 22.1 Å². The molecule has 4 atom stereocenters. The van der Waals surface area contributed by atoms with Gasteiger partial charge in [-0.15, -0.1) is 0 Å². The van der Waals surface area contributed by atoms with Gasteiger partial charge in [-0.25, -0.2) is 4.98 Å². The number of aliphatic hydroxyl groups excluding tert-OH is 1. The number of ketones is 1. The van der Waals surface area contributed by atoms with E-state index in [9.17, 15) is 23.1 Å². The zero-order valence-electron chi connectivity index (χ0n) is 16.6. The normalized spacial score (nSPS) is 27.2. The maximum Gasteiger partial charge on any atom is 0.417 e. The van der Waals surface area contributed by atoms with Crippen molar-refractivity contribution in [3.63, 3.8) is 0 Å². The highest BCUT2D eigenvalue weighted by molar-refractivity contribution is 6.25. The number of pyridine rings is 1. The number of rotatable bonds is 4. The Morgan fingerprint density at radius 1 is 1.16 bits per heavy atom. The Morgan fingerprint density at radius 3 is 2.52 bits per heavy atom. The van der Waals surface area contributed by atoms with E-state index < -0.39 is 11.7 Å². The molecule has 0 amide bonds. The number of aryl methyl sites for hydroxylation is 1. The van der Waals surface area contributed by atoms with Gasteiger partial charge in [0.1, 0.15) is 11.5 Å². The van der Waals surface area contributed by atoms with Crippen LogP contribution in [0.5, 0.6) is 11.6 Å². The lowest BCUT2D eigenvalue weighted by molar-refractivity contribution is -0.137. The van der Waals surface area contributed by atoms with E-state index in [4.69, 9.17) is 9.47 Å². The molecule has 1 aromatic heterocycles. The number of halogens is 3. The van der Waals surface area contributed by atoms with Crippen LogP contribution in [0.2, 0.25) is 0 Å². The van der Waals surface area contributed by atoms with Gasteiger partial charge in [0.2, 0.25) is 5.88 Å². The van der Waals surface area contributed by atoms with Crippen LogP contribution in [0.25, 0.3) is 5.57 Å². The minimum atomic E-state index is -4.48. The third-order valence-corrected chi connectivity index (χ3v) is 6.41. The van der Waals surface area contributed by atoms with E-state index in [1.807, 2.05) is 6.92 Å². The molecule has 1 aromatic carbocycles. The highest BCUT2D eigenvalue weighted by Crippen LogP contribution is 2.54. The quantitative estimate of drug-likeness (QED) is 0.730. The third-order valence-electron chi connectivity index (χ3n) is 6.41. The number of benzene rings is 1. The first-order chi connectivity index (χ1) is 14.8. The molecular formula is C23H20F3NO4. The molecule has 2 aromatic rings. The summed E-state index contributed by atoms with van der Waals surface area (Å²) >= 11 is 0. The van der Waals surface area contributed by atoms with Gasteiger partial charge in [0, 0.05) is 12.3 Å². The molecule has 4 unspecified atom stereocenters. The van der Waals surface area contributed by atoms with Crippen molar-refractivity contribution in [3.8, 4) is 11.6 Å². The summed E-state index contributed by atoms with van der Waals surface area (Å²) in [6, 6.07) is 7.15. The van der Waals surface area contributed by atoms with E-state index in [-0.39, 0.29) is 41.5 Å². The van der Waals surface area contributed by atoms with Gasteiger partial charge < -0.3 is 14.6 Å². The molecule has 5 rings (SSSR count). The fourth-order valence-corrected chi connectivity index (χ4v) is 4.98. The van der Waals surface area contributed by atoms with Crippen molar-refractivity contribution in [2.24, 2.45) is 11.8 Å². The zero-order chi connectivity index (χ0) is 21.9. The first-order valence-electron chi connectivity index (χ1n) is 10.2. The number of alkyl halides is 3. The second-order valence-electron chi connectivity index (χ2n) is 8.12. The number of aliphatic hydroxyl groups is 1. The number of carbonyl (C=O) groups is 1. The Morgan fingerprint density at radius 2 is 1.90 bits per heavy atom. The molecule has 0 spiro atoms. The second kappa shape index (κ2) is 7.09. The van der Waals surface area contributed by atoms with E-state index in [0.29, 0.717) is 29.5 Å². The van der Waals surface area contributed by atoms with E-state index in [2.05, 4.69) is 4.98 Å². The van der Waals surface area contributed by atoms with E-state index in [1.165, 1.54) is 0 Å². The summed E-state index contributed by atoms with van der Waals surface area (Å²) in [4.78, 5) is 16.9. The molecule has 2 bridgehead atoms. The number of hydrogen-bond acceptors (Lipinski definition) is 5. The van der Waals surface area contributed by atoms with Crippen LogP contribution in [-0.4, -0.2) is 28.1 Å². The number of nitrogens with zero attached hydrogens (tertiary/aromatic N) is 1. The molecule has 31 heavy (non-hydrogen) atoms. The monoisotopic (exact) mass is 431 g/mol. The highest BCUT2D eigenvalue weighted by atomic mass is 19.4. The van der Waals surface area contributed by atoms with Crippen molar-refractivity contribution in [3.05, 3.63) is 59.0 Å². The summed E-state index contributed by atoms with van der Waals surface area (Å²) in [6.45, 7) is 1.95. The zero-order valence-corrected chi connectivity index (χ0v) is 16.6. The summed E-state index contributed by atoms with van der Waals surface area (Å²) in [5.41, 5.74) is 0.897. The largest absolute Gasteiger partial charge is 0.511 e. The lowest BCUT2D eigenvalue weighted by Gasteiger charge is -2.19. The van der Waals surface area contributed by atoms with Crippen molar-refractivity contribution in [1.29, 1.82) is 0 Å². The number of allylic oxidation sites excluding steroid dienone is 1. The molecule has 8 heteroatoms. The Bertz CT molecular complexity index is 1080. The van der Waals surface area contributed by atoms with Crippen LogP contribution in [0.4, 0.5) is 13.2 Å². The summed E-state index contributed by atoms with van der Waals surface area (Å²) in [7, 11) is 0. The van der Waals surface area contributed by atoms with Crippen LogP contribution >= 0.6 is 0 Å². The Labute approximate surface area is 176 Å². The van der Waals surface area contributed by atoms with Crippen molar-refractivity contribution < 1.29 is 32.5 Å². The molecule has 0 saturated carbocycles.